The van der Waals surface area contributed by atoms with Crippen LogP contribution in [0.2, 0.25) is 0 Å². The Morgan fingerprint density at radius 1 is 1.00 bits per heavy atom. The summed E-state index contributed by atoms with van der Waals surface area (Å²) in [5, 5.41) is 20.9. The first-order chi connectivity index (χ1) is 19.3. The highest BCUT2D eigenvalue weighted by atomic mass is 19.1. The van der Waals surface area contributed by atoms with E-state index in [1.807, 2.05) is 17.0 Å². The van der Waals surface area contributed by atoms with Crippen LogP contribution in [0.25, 0.3) is 22.3 Å². The molecule has 5 rings (SSSR count). The maximum Gasteiger partial charge on any atom is 0.404 e. The number of carbonyl (C=O) groups excluding carboxylic acids is 1. The molecule has 2 atom stereocenters. The molecule has 2 N–H and O–H groups in total. The molecule has 2 bridgehead atoms. The van der Waals surface area contributed by atoms with Crippen molar-refractivity contribution < 1.29 is 28.2 Å². The second kappa shape index (κ2) is 11.4. The minimum atomic E-state index is -1.07. The Morgan fingerprint density at radius 3 is 2.35 bits per heavy atom. The monoisotopic (exact) mass is 545 g/mol. The van der Waals surface area contributed by atoms with Crippen molar-refractivity contribution in [2.75, 3.05) is 13.7 Å². The van der Waals surface area contributed by atoms with Crippen LogP contribution in [0.1, 0.15) is 47.2 Å². The SMILES string of the molecule is COCCc1ccc(-c2ccc(C(=O)N3C4CCC3CC(NC(=O)O)C4)cc2-c2ccc(C#N)c(F)c2)c(F)c1. The molecule has 3 aromatic carbocycles. The second-order valence-corrected chi connectivity index (χ2v) is 10.3. The summed E-state index contributed by atoms with van der Waals surface area (Å²) in [4.78, 5) is 26.8. The largest absolute Gasteiger partial charge is 0.465 e. The summed E-state index contributed by atoms with van der Waals surface area (Å²) in [6.45, 7) is 0.455. The minimum absolute atomic E-state index is 0.0873. The van der Waals surface area contributed by atoms with Crippen LogP contribution in [-0.2, 0) is 11.2 Å². The van der Waals surface area contributed by atoms with Gasteiger partial charge in [-0.1, -0.05) is 24.3 Å². The summed E-state index contributed by atoms with van der Waals surface area (Å²) in [5.41, 5.74) is 2.72. The minimum Gasteiger partial charge on any atom is -0.465 e. The van der Waals surface area contributed by atoms with Crippen LogP contribution >= 0.6 is 0 Å². The van der Waals surface area contributed by atoms with E-state index in [2.05, 4.69) is 5.32 Å². The van der Waals surface area contributed by atoms with Crippen LogP contribution in [-0.4, -0.2) is 53.8 Å². The summed E-state index contributed by atoms with van der Waals surface area (Å²) in [7, 11) is 1.58. The lowest BCUT2D eigenvalue weighted by Gasteiger charge is -2.39. The van der Waals surface area contributed by atoms with E-state index >= 15 is 4.39 Å². The van der Waals surface area contributed by atoms with Gasteiger partial charge in [0.2, 0.25) is 0 Å². The summed E-state index contributed by atoms with van der Waals surface area (Å²) in [5.74, 6) is -1.35. The van der Waals surface area contributed by atoms with Gasteiger partial charge < -0.3 is 20.1 Å². The van der Waals surface area contributed by atoms with E-state index in [9.17, 15) is 19.2 Å². The van der Waals surface area contributed by atoms with E-state index in [1.54, 1.807) is 37.4 Å². The molecule has 0 aromatic heterocycles. The van der Waals surface area contributed by atoms with Gasteiger partial charge in [0.05, 0.1) is 12.2 Å². The molecule has 0 aliphatic carbocycles. The normalized spacial score (nSPS) is 19.8. The molecule has 206 valence electrons. The summed E-state index contributed by atoms with van der Waals surface area (Å²) < 4.78 is 35.1. The molecule has 2 fully saturated rings. The smallest absolute Gasteiger partial charge is 0.404 e. The first-order valence-electron chi connectivity index (χ1n) is 13.2. The van der Waals surface area contributed by atoms with Crippen LogP contribution in [0.5, 0.6) is 0 Å². The van der Waals surface area contributed by atoms with Crippen molar-refractivity contribution >= 4 is 12.0 Å². The van der Waals surface area contributed by atoms with Crippen LogP contribution in [0.3, 0.4) is 0 Å². The summed E-state index contributed by atoms with van der Waals surface area (Å²) in [6, 6.07) is 15.5. The molecular formula is C31H29F2N3O4. The number of hydrogen-bond acceptors (Lipinski definition) is 4. The number of carbonyl (C=O) groups is 2. The number of fused-ring (bicyclic) bond motifs is 2. The number of nitrogens with zero attached hydrogens (tertiary/aromatic N) is 2. The van der Waals surface area contributed by atoms with Gasteiger partial charge in [-0.2, -0.15) is 5.26 Å². The van der Waals surface area contributed by atoms with Crippen LogP contribution in [0.4, 0.5) is 13.6 Å². The molecular weight excluding hydrogens is 516 g/mol. The third-order valence-electron chi connectivity index (χ3n) is 7.88. The highest BCUT2D eigenvalue weighted by Crippen LogP contribution is 2.39. The van der Waals surface area contributed by atoms with Gasteiger partial charge in [-0.15, -0.1) is 0 Å². The third kappa shape index (κ3) is 5.40. The number of piperidine rings is 1. The zero-order valence-electron chi connectivity index (χ0n) is 22.0. The van der Waals surface area contributed by atoms with Gasteiger partial charge in [0, 0.05) is 36.4 Å². The Kier molecular flexibility index (Phi) is 7.81. The average molecular weight is 546 g/mol. The molecule has 2 aliphatic rings. The van der Waals surface area contributed by atoms with E-state index in [0.717, 1.165) is 18.4 Å². The number of halogens is 2. The van der Waals surface area contributed by atoms with Crippen LogP contribution in [0.15, 0.2) is 54.6 Å². The predicted molar refractivity (Wildman–Crippen MR) is 145 cm³/mol. The standard InChI is InChI=1S/C31H29F2N3O4/c1-40-11-10-18-2-8-26(29(33)12-18)25-9-5-20(13-27(25)19-3-4-21(17-34)28(32)14-19)30(37)36-23-6-7-24(36)16-22(15-23)35-31(38)39/h2-5,8-9,12-14,22-24,35H,6-7,10-11,15-16H2,1H3,(H,38,39). The Morgan fingerprint density at radius 2 is 1.73 bits per heavy atom. The summed E-state index contributed by atoms with van der Waals surface area (Å²) >= 11 is 0. The van der Waals surface area contributed by atoms with Gasteiger partial charge >= 0.3 is 6.09 Å². The zero-order chi connectivity index (χ0) is 28.4. The fraction of sp³-hybridized carbons (Fsp3) is 0.323. The molecule has 2 heterocycles. The van der Waals surface area contributed by atoms with Gasteiger partial charge in [-0.3, -0.25) is 4.79 Å². The Bertz CT molecular complexity index is 1490. The molecule has 40 heavy (non-hydrogen) atoms. The fourth-order valence-corrected chi connectivity index (χ4v) is 6.03. The van der Waals surface area contributed by atoms with Gasteiger partial charge in [0.1, 0.15) is 17.7 Å². The molecule has 7 nitrogen and oxygen atoms in total. The number of benzene rings is 3. The maximum atomic E-state index is 15.4. The number of nitriles is 1. The van der Waals surface area contributed by atoms with Gasteiger partial charge in [-0.25, -0.2) is 13.6 Å². The fourth-order valence-electron chi connectivity index (χ4n) is 6.03. The van der Waals surface area contributed by atoms with Crippen LogP contribution in [0, 0.1) is 23.0 Å². The molecule has 0 radical (unpaired) electrons. The number of nitrogens with one attached hydrogen (secondary N) is 1. The van der Waals surface area contributed by atoms with Gasteiger partial charge in [0.25, 0.3) is 5.91 Å². The molecule has 2 amide bonds. The molecule has 0 saturated carbocycles. The Hall–Kier alpha value is -4.29. The Labute approximate surface area is 231 Å². The first-order valence-corrected chi connectivity index (χ1v) is 13.2. The summed E-state index contributed by atoms with van der Waals surface area (Å²) in [6.07, 6.45) is 2.15. The topological polar surface area (TPSA) is 103 Å². The van der Waals surface area contributed by atoms with Crippen molar-refractivity contribution in [1.82, 2.24) is 10.2 Å². The lowest BCUT2D eigenvalue weighted by atomic mass is 9.90. The first kappa shape index (κ1) is 27.3. The molecule has 0 spiro atoms. The second-order valence-electron chi connectivity index (χ2n) is 10.3. The lowest BCUT2D eigenvalue weighted by Crippen LogP contribution is -2.52. The van der Waals surface area contributed by atoms with E-state index in [-0.39, 0.29) is 29.6 Å². The van der Waals surface area contributed by atoms with Crippen molar-refractivity contribution in [3.05, 3.63) is 82.9 Å². The lowest BCUT2D eigenvalue weighted by molar-refractivity contribution is 0.0557. The number of amides is 2. The van der Waals surface area contributed by atoms with E-state index in [0.29, 0.717) is 53.7 Å². The van der Waals surface area contributed by atoms with Gasteiger partial charge in [0.15, 0.2) is 0 Å². The van der Waals surface area contributed by atoms with Crippen molar-refractivity contribution in [2.24, 2.45) is 0 Å². The molecule has 2 unspecified atom stereocenters. The Balaban J connectivity index is 1.53. The average Bonchev–Trinajstić information content (AvgIpc) is 3.20. The van der Waals surface area contributed by atoms with E-state index in [1.165, 1.54) is 18.2 Å². The van der Waals surface area contributed by atoms with Crippen LogP contribution < -0.4 is 5.32 Å². The number of methoxy groups -OCH3 is 1. The van der Waals surface area contributed by atoms with E-state index < -0.39 is 17.7 Å². The van der Waals surface area contributed by atoms with Crippen molar-refractivity contribution in [3.63, 3.8) is 0 Å². The number of carboxylic acid groups (broad SMARTS) is 1. The third-order valence-corrected chi connectivity index (χ3v) is 7.88. The highest BCUT2D eigenvalue weighted by Gasteiger charge is 2.44. The number of ether oxygens (including phenoxy) is 1. The van der Waals surface area contributed by atoms with Gasteiger partial charge in [-0.05, 0) is 84.7 Å². The quantitative estimate of drug-likeness (QED) is 0.393. The maximum absolute atomic E-state index is 15.4. The predicted octanol–water partition coefficient (Wildman–Crippen LogP) is 5.76. The van der Waals surface area contributed by atoms with Crippen molar-refractivity contribution in [3.8, 4) is 28.3 Å². The highest BCUT2D eigenvalue weighted by molar-refractivity contribution is 5.98. The molecule has 9 heteroatoms. The van der Waals surface area contributed by atoms with Crippen molar-refractivity contribution in [2.45, 2.75) is 50.2 Å². The van der Waals surface area contributed by atoms with E-state index in [4.69, 9.17) is 9.84 Å². The zero-order valence-corrected chi connectivity index (χ0v) is 22.0. The molecule has 2 saturated heterocycles. The molecule has 2 aliphatic heterocycles. The molecule has 3 aromatic rings. The van der Waals surface area contributed by atoms with Crippen molar-refractivity contribution in [1.29, 1.82) is 5.26 Å². The number of rotatable bonds is 7. The number of hydrogen-bond donors (Lipinski definition) is 2.